The molecule has 1 fully saturated rings. The summed E-state index contributed by atoms with van der Waals surface area (Å²) in [6, 6.07) is 1.62. The Bertz CT molecular complexity index is 755. The minimum absolute atomic E-state index is 0.153. The molecule has 1 saturated heterocycles. The van der Waals surface area contributed by atoms with Crippen LogP contribution in [0.2, 0.25) is 5.15 Å². The van der Waals surface area contributed by atoms with Crippen molar-refractivity contribution in [2.75, 3.05) is 13.1 Å². The molecule has 0 radical (unpaired) electrons. The molecule has 138 valence electrons. The van der Waals surface area contributed by atoms with Crippen LogP contribution in [0.25, 0.3) is 5.52 Å². The van der Waals surface area contributed by atoms with Gasteiger partial charge in [0.2, 0.25) is 0 Å². The molecule has 3 rings (SSSR count). The summed E-state index contributed by atoms with van der Waals surface area (Å²) in [5, 5.41) is 4.14. The quantitative estimate of drug-likeness (QED) is 0.772. The zero-order valence-corrected chi connectivity index (χ0v) is 15.7. The number of aromatic nitrogens is 3. The van der Waals surface area contributed by atoms with E-state index in [1.165, 1.54) is 23.6 Å². The van der Waals surface area contributed by atoms with Crippen LogP contribution in [0.1, 0.15) is 46.5 Å². The highest BCUT2D eigenvalue weighted by Crippen LogP contribution is 2.14. The average molecular weight is 369 g/mol. The van der Waals surface area contributed by atoms with Gasteiger partial charge in [-0.15, -0.1) is 0 Å². The van der Waals surface area contributed by atoms with Crippen molar-refractivity contribution in [3.8, 4) is 0 Å². The number of nitrogens with zero attached hydrogens (tertiary/aromatic N) is 3. The predicted molar refractivity (Wildman–Crippen MR) is 97.1 cm³/mol. The second-order valence-electron chi connectivity index (χ2n) is 6.97. The average Bonchev–Trinajstić information content (AvgIpc) is 2.80. The summed E-state index contributed by atoms with van der Waals surface area (Å²) in [4.78, 5) is 27.0. The normalized spacial score (nSPS) is 15.3. The van der Waals surface area contributed by atoms with Crippen molar-refractivity contribution in [1.82, 2.24) is 19.5 Å². The van der Waals surface area contributed by atoms with Gasteiger partial charge in [-0.2, -0.15) is 5.10 Å². The number of amides is 1. The number of aromatic amines is 1. The highest BCUT2D eigenvalue weighted by molar-refractivity contribution is 6.29. The highest BCUT2D eigenvalue weighted by atomic mass is 35.5. The van der Waals surface area contributed by atoms with Crippen LogP contribution in [-0.2, 0) is 4.74 Å². The number of hydrogen-bond donors (Lipinski definition) is 1. The van der Waals surface area contributed by atoms with E-state index in [1.807, 2.05) is 25.7 Å². The van der Waals surface area contributed by atoms with E-state index >= 15 is 0 Å². The first-order chi connectivity index (χ1) is 11.8. The van der Waals surface area contributed by atoms with Crippen molar-refractivity contribution >= 4 is 23.2 Å². The number of hydrogen-bond acceptors (Lipinski definition) is 4. The van der Waals surface area contributed by atoms with Crippen LogP contribution in [-0.4, -0.2) is 44.3 Å². The maximum atomic E-state index is 11.7. The van der Waals surface area contributed by atoms with E-state index in [0.717, 1.165) is 25.9 Å². The van der Waals surface area contributed by atoms with Crippen molar-refractivity contribution in [3.63, 3.8) is 0 Å². The van der Waals surface area contributed by atoms with Crippen LogP contribution in [0, 0.1) is 0 Å². The zero-order valence-electron chi connectivity index (χ0n) is 14.9. The first-order valence-electron chi connectivity index (χ1n) is 8.46. The van der Waals surface area contributed by atoms with Crippen molar-refractivity contribution in [3.05, 3.63) is 34.0 Å². The number of halogens is 1. The third-order valence-corrected chi connectivity index (χ3v) is 3.82. The van der Waals surface area contributed by atoms with E-state index in [4.69, 9.17) is 16.3 Å². The lowest BCUT2D eigenvalue weighted by atomic mass is 10.2. The van der Waals surface area contributed by atoms with Gasteiger partial charge in [-0.05, 0) is 39.7 Å². The number of carbonyl (C=O) groups excluding carboxylic acids is 1. The Hall–Kier alpha value is -2.02. The van der Waals surface area contributed by atoms with Gasteiger partial charge in [-0.1, -0.05) is 24.4 Å². The molecule has 1 amide bonds. The van der Waals surface area contributed by atoms with Crippen LogP contribution < -0.4 is 5.56 Å². The molecular weight excluding hydrogens is 344 g/mol. The second kappa shape index (κ2) is 8.38. The van der Waals surface area contributed by atoms with Crippen molar-refractivity contribution in [2.24, 2.45) is 0 Å². The molecule has 0 atom stereocenters. The molecule has 0 bridgehead atoms. The van der Waals surface area contributed by atoms with Crippen LogP contribution in [0.4, 0.5) is 4.79 Å². The van der Waals surface area contributed by atoms with E-state index in [9.17, 15) is 9.59 Å². The second-order valence-corrected chi connectivity index (χ2v) is 7.38. The van der Waals surface area contributed by atoms with Gasteiger partial charge < -0.3 is 14.6 Å². The lowest BCUT2D eigenvalue weighted by molar-refractivity contribution is 0.0257. The van der Waals surface area contributed by atoms with E-state index in [0.29, 0.717) is 5.52 Å². The summed E-state index contributed by atoms with van der Waals surface area (Å²) in [6.07, 6.45) is 7.62. The summed E-state index contributed by atoms with van der Waals surface area (Å²) < 4.78 is 6.75. The number of H-pyrrole nitrogens is 1. The summed E-state index contributed by atoms with van der Waals surface area (Å²) in [7, 11) is 0. The standard InChI is InChI=1S/C11H21NO2.C6H4ClN3O/c1-11(2,3)14-10(13)12-8-6-4-5-7-9-12;7-5-3-10-4(1-2-8-10)6(11)9-5/h4-9H2,1-3H3;1-3H,(H,9,11). The van der Waals surface area contributed by atoms with Gasteiger partial charge >= 0.3 is 6.09 Å². The van der Waals surface area contributed by atoms with Gasteiger partial charge in [0.05, 0.1) is 12.4 Å². The number of nitrogens with one attached hydrogen (secondary N) is 1. The molecule has 1 aliphatic heterocycles. The van der Waals surface area contributed by atoms with E-state index in [1.54, 1.807) is 12.3 Å². The topological polar surface area (TPSA) is 79.7 Å². The Labute approximate surface area is 151 Å². The fraction of sp³-hybridized carbons (Fsp3) is 0.588. The Balaban J connectivity index is 0.000000185. The number of likely N-dealkylation sites (tertiary alicyclic amines) is 1. The lowest BCUT2D eigenvalue weighted by Gasteiger charge is -2.26. The van der Waals surface area contributed by atoms with Crippen LogP contribution in [0.3, 0.4) is 0 Å². The monoisotopic (exact) mass is 368 g/mol. The fourth-order valence-electron chi connectivity index (χ4n) is 2.49. The Morgan fingerprint density at radius 1 is 1.24 bits per heavy atom. The third-order valence-electron chi connectivity index (χ3n) is 3.63. The van der Waals surface area contributed by atoms with Gasteiger partial charge in [0.25, 0.3) is 5.56 Å². The molecule has 2 aromatic rings. The lowest BCUT2D eigenvalue weighted by Crippen LogP contribution is -2.37. The van der Waals surface area contributed by atoms with Gasteiger partial charge in [0.15, 0.2) is 0 Å². The SMILES string of the molecule is CC(C)(C)OC(=O)N1CCCCCC1.O=c1[nH]c(Cl)cn2nccc12. The largest absolute Gasteiger partial charge is 0.444 e. The smallest absolute Gasteiger partial charge is 0.410 e. The molecule has 7 nitrogen and oxygen atoms in total. The molecule has 0 aromatic carbocycles. The highest BCUT2D eigenvalue weighted by Gasteiger charge is 2.22. The Morgan fingerprint density at radius 2 is 1.88 bits per heavy atom. The van der Waals surface area contributed by atoms with Gasteiger partial charge in [-0.25, -0.2) is 9.31 Å². The molecule has 0 aliphatic carbocycles. The summed E-state index contributed by atoms with van der Waals surface area (Å²) in [5.41, 5.74) is -0.104. The molecule has 3 heterocycles. The van der Waals surface area contributed by atoms with Crippen molar-refractivity contribution < 1.29 is 9.53 Å². The summed E-state index contributed by atoms with van der Waals surface area (Å²) in [5.74, 6) is 0. The van der Waals surface area contributed by atoms with Crippen molar-refractivity contribution in [2.45, 2.75) is 52.1 Å². The summed E-state index contributed by atoms with van der Waals surface area (Å²) >= 11 is 5.56. The molecule has 8 heteroatoms. The molecule has 25 heavy (non-hydrogen) atoms. The third kappa shape index (κ3) is 6.08. The molecule has 0 unspecified atom stereocenters. The van der Waals surface area contributed by atoms with Crippen LogP contribution >= 0.6 is 11.6 Å². The Kier molecular flexibility index (Phi) is 6.47. The minimum atomic E-state index is -0.372. The molecule has 1 N–H and O–H groups in total. The van der Waals surface area contributed by atoms with Crippen molar-refractivity contribution in [1.29, 1.82) is 0 Å². The number of rotatable bonds is 0. The number of ether oxygens (including phenoxy) is 1. The Morgan fingerprint density at radius 3 is 2.48 bits per heavy atom. The van der Waals surface area contributed by atoms with Gasteiger partial charge in [-0.3, -0.25) is 4.79 Å². The minimum Gasteiger partial charge on any atom is -0.444 e. The van der Waals surface area contributed by atoms with Crippen LogP contribution in [0.5, 0.6) is 0 Å². The molecule has 0 spiro atoms. The van der Waals surface area contributed by atoms with Gasteiger partial charge in [0.1, 0.15) is 16.3 Å². The maximum absolute atomic E-state index is 11.7. The first kappa shape index (κ1) is 19.3. The fourth-order valence-corrected chi connectivity index (χ4v) is 2.67. The number of carbonyl (C=O) groups is 1. The van der Waals surface area contributed by atoms with Gasteiger partial charge in [0, 0.05) is 13.1 Å². The molecule has 0 saturated carbocycles. The number of fused-ring (bicyclic) bond motifs is 1. The molecule has 2 aromatic heterocycles. The van der Waals surface area contributed by atoms with E-state index in [2.05, 4.69) is 10.1 Å². The zero-order chi connectivity index (χ0) is 18.4. The maximum Gasteiger partial charge on any atom is 0.410 e. The van der Waals surface area contributed by atoms with Crippen LogP contribution in [0.15, 0.2) is 23.3 Å². The van der Waals surface area contributed by atoms with E-state index in [-0.39, 0.29) is 22.4 Å². The molecular formula is C17H25ClN4O3. The first-order valence-corrected chi connectivity index (χ1v) is 8.84. The van der Waals surface area contributed by atoms with E-state index < -0.39 is 0 Å². The predicted octanol–water partition coefficient (Wildman–Crippen LogP) is 3.47. The molecule has 1 aliphatic rings. The summed E-state index contributed by atoms with van der Waals surface area (Å²) in [6.45, 7) is 7.43.